The molecule has 1 aromatic rings. The number of nitrogens with zero attached hydrogens (tertiary/aromatic N) is 1. The summed E-state index contributed by atoms with van der Waals surface area (Å²) >= 11 is 1.16. The van der Waals surface area contributed by atoms with Crippen LogP contribution in [0.15, 0.2) is 23.6 Å². The molecule has 1 aromatic heterocycles. The maximum absolute atomic E-state index is 12.5. The fourth-order valence-electron chi connectivity index (χ4n) is 3.14. The summed E-state index contributed by atoms with van der Waals surface area (Å²) < 4.78 is 0. The molecule has 1 aliphatic heterocycles. The molecule has 1 saturated heterocycles. The van der Waals surface area contributed by atoms with Crippen LogP contribution in [0.25, 0.3) is 0 Å². The second-order valence-corrected chi connectivity index (χ2v) is 6.81. The number of thiophene rings is 1. The van der Waals surface area contributed by atoms with Gasteiger partial charge in [-0.25, -0.2) is 0 Å². The van der Waals surface area contributed by atoms with Crippen molar-refractivity contribution in [3.8, 4) is 0 Å². The van der Waals surface area contributed by atoms with E-state index in [-0.39, 0.29) is 29.2 Å². The van der Waals surface area contributed by atoms with Crippen molar-refractivity contribution in [3.05, 3.63) is 29.2 Å². The number of nitrogens with one attached hydrogen (secondary N) is 1. The molecule has 8 heteroatoms. The van der Waals surface area contributed by atoms with Gasteiger partial charge in [-0.15, -0.1) is 11.3 Å². The quantitative estimate of drug-likeness (QED) is 0.628. The van der Waals surface area contributed by atoms with Crippen LogP contribution in [-0.4, -0.2) is 34.6 Å². The van der Waals surface area contributed by atoms with Crippen LogP contribution in [0, 0.1) is 11.8 Å². The van der Waals surface area contributed by atoms with Gasteiger partial charge in [-0.3, -0.25) is 24.1 Å². The maximum atomic E-state index is 12.5. The molecule has 1 aliphatic carbocycles. The Balaban J connectivity index is 1.76. The van der Waals surface area contributed by atoms with Crippen LogP contribution in [0.4, 0.5) is 5.00 Å². The van der Waals surface area contributed by atoms with Gasteiger partial charge in [0, 0.05) is 0 Å². The van der Waals surface area contributed by atoms with Gasteiger partial charge in [0.1, 0.15) is 11.0 Å². The summed E-state index contributed by atoms with van der Waals surface area (Å²) in [6, 6.07) is 0.568. The van der Waals surface area contributed by atoms with E-state index in [4.69, 9.17) is 5.73 Å². The number of carbonyl (C=O) groups excluding carboxylic acids is 4. The highest BCUT2D eigenvalue weighted by molar-refractivity contribution is 7.14. The number of imide groups is 1. The van der Waals surface area contributed by atoms with E-state index in [2.05, 4.69) is 5.32 Å². The van der Waals surface area contributed by atoms with Crippen LogP contribution in [0.5, 0.6) is 0 Å². The number of rotatable bonds is 4. The average Bonchev–Trinajstić information content (AvgIpc) is 3.11. The van der Waals surface area contributed by atoms with E-state index in [1.165, 1.54) is 13.0 Å². The number of anilines is 1. The summed E-state index contributed by atoms with van der Waals surface area (Å²) in [4.78, 5) is 49.8. The lowest BCUT2D eigenvalue weighted by molar-refractivity contribution is -0.146. The summed E-state index contributed by atoms with van der Waals surface area (Å²) in [6.07, 6.45) is 4.84. The second kappa shape index (κ2) is 6.20. The monoisotopic (exact) mass is 347 g/mol. The molecule has 24 heavy (non-hydrogen) atoms. The Morgan fingerprint density at radius 1 is 1.25 bits per heavy atom. The number of nitrogens with two attached hydrogens (primary N) is 1. The number of allylic oxidation sites excluding steroid dienone is 2. The largest absolute Gasteiger partial charge is 0.366 e. The van der Waals surface area contributed by atoms with Gasteiger partial charge >= 0.3 is 0 Å². The predicted octanol–water partition coefficient (Wildman–Crippen LogP) is 1.13. The standard InChI is InChI=1S/C16H17N3O4S/c1-8(13(21)18-14-11(12(17)20)6-7-24-14)19-15(22)9-4-2-3-5-10(9)16(19)23/h2-3,6-10H,4-5H2,1H3,(H2,17,20)(H,18,21)/t8-,9-,10+/m0/s1. The molecule has 4 amide bonds. The van der Waals surface area contributed by atoms with Gasteiger partial charge in [0.25, 0.3) is 5.91 Å². The van der Waals surface area contributed by atoms with Crippen LogP contribution in [0.3, 0.4) is 0 Å². The lowest BCUT2D eigenvalue weighted by Gasteiger charge is -2.22. The molecule has 126 valence electrons. The Bertz CT molecular complexity index is 728. The Kier molecular flexibility index (Phi) is 4.23. The zero-order valence-electron chi connectivity index (χ0n) is 13.0. The Morgan fingerprint density at radius 3 is 2.38 bits per heavy atom. The molecule has 3 atom stereocenters. The number of primary amides is 1. The van der Waals surface area contributed by atoms with E-state index in [0.29, 0.717) is 17.8 Å². The molecule has 7 nitrogen and oxygen atoms in total. The first-order valence-corrected chi connectivity index (χ1v) is 8.50. The van der Waals surface area contributed by atoms with Gasteiger partial charge < -0.3 is 11.1 Å². The third kappa shape index (κ3) is 2.62. The van der Waals surface area contributed by atoms with E-state index in [1.54, 1.807) is 5.38 Å². The fraction of sp³-hybridized carbons (Fsp3) is 0.375. The molecule has 0 radical (unpaired) electrons. The molecular formula is C16H17N3O4S. The number of carbonyl (C=O) groups is 4. The van der Waals surface area contributed by atoms with Gasteiger partial charge in [-0.2, -0.15) is 0 Å². The molecule has 3 N–H and O–H groups in total. The van der Waals surface area contributed by atoms with Crippen LogP contribution in [0.2, 0.25) is 0 Å². The molecule has 0 unspecified atom stereocenters. The lowest BCUT2D eigenvalue weighted by Crippen LogP contribution is -2.46. The predicted molar refractivity (Wildman–Crippen MR) is 88.1 cm³/mol. The summed E-state index contributed by atoms with van der Waals surface area (Å²) in [6.45, 7) is 1.51. The fourth-order valence-corrected chi connectivity index (χ4v) is 3.94. The molecule has 2 aliphatic rings. The topological polar surface area (TPSA) is 110 Å². The van der Waals surface area contributed by atoms with Gasteiger partial charge in [0.05, 0.1) is 17.4 Å². The lowest BCUT2D eigenvalue weighted by atomic mass is 9.85. The summed E-state index contributed by atoms with van der Waals surface area (Å²) in [7, 11) is 0. The van der Waals surface area contributed by atoms with Gasteiger partial charge in [0.15, 0.2) is 0 Å². The smallest absolute Gasteiger partial charge is 0.251 e. The van der Waals surface area contributed by atoms with Crippen molar-refractivity contribution in [1.29, 1.82) is 0 Å². The zero-order valence-corrected chi connectivity index (χ0v) is 13.8. The number of hydrogen-bond acceptors (Lipinski definition) is 5. The van der Waals surface area contributed by atoms with Crippen molar-refractivity contribution in [2.24, 2.45) is 17.6 Å². The van der Waals surface area contributed by atoms with E-state index in [1.807, 2.05) is 12.2 Å². The van der Waals surface area contributed by atoms with Crippen molar-refractivity contribution < 1.29 is 19.2 Å². The summed E-state index contributed by atoms with van der Waals surface area (Å²) in [5, 5.41) is 4.54. The van der Waals surface area contributed by atoms with E-state index in [9.17, 15) is 19.2 Å². The average molecular weight is 347 g/mol. The van der Waals surface area contributed by atoms with Crippen molar-refractivity contribution in [2.75, 3.05) is 5.32 Å². The van der Waals surface area contributed by atoms with Crippen molar-refractivity contribution in [2.45, 2.75) is 25.8 Å². The molecule has 2 heterocycles. The molecule has 0 aromatic carbocycles. The number of hydrogen-bond donors (Lipinski definition) is 2. The summed E-state index contributed by atoms with van der Waals surface area (Å²) in [5.74, 6) is -2.53. The molecule has 0 bridgehead atoms. The highest BCUT2D eigenvalue weighted by Crippen LogP contribution is 2.36. The van der Waals surface area contributed by atoms with Crippen LogP contribution in [-0.2, 0) is 14.4 Å². The minimum Gasteiger partial charge on any atom is -0.366 e. The van der Waals surface area contributed by atoms with Crippen molar-refractivity contribution in [1.82, 2.24) is 4.90 Å². The normalized spacial score (nSPS) is 24.0. The SMILES string of the molecule is C[C@@H](C(=O)Nc1sccc1C(N)=O)N1C(=O)[C@H]2CC=CC[C@H]2C1=O. The second-order valence-electron chi connectivity index (χ2n) is 5.90. The highest BCUT2D eigenvalue weighted by atomic mass is 32.1. The minimum atomic E-state index is -0.946. The zero-order chi connectivity index (χ0) is 17.4. The summed E-state index contributed by atoms with van der Waals surface area (Å²) in [5.41, 5.74) is 5.45. The molecule has 0 saturated carbocycles. The van der Waals surface area contributed by atoms with Crippen molar-refractivity contribution >= 4 is 40.0 Å². The Hall–Kier alpha value is -2.48. The van der Waals surface area contributed by atoms with Crippen LogP contribution >= 0.6 is 11.3 Å². The van der Waals surface area contributed by atoms with Gasteiger partial charge in [0.2, 0.25) is 17.7 Å². The molecule has 0 spiro atoms. The first kappa shape index (κ1) is 16.4. The molecule has 3 rings (SSSR count). The first-order chi connectivity index (χ1) is 11.4. The molecular weight excluding hydrogens is 330 g/mol. The maximum Gasteiger partial charge on any atom is 0.251 e. The van der Waals surface area contributed by atoms with Gasteiger partial charge in [-0.1, -0.05) is 12.2 Å². The van der Waals surface area contributed by atoms with Crippen LogP contribution in [0.1, 0.15) is 30.1 Å². The van der Waals surface area contributed by atoms with E-state index >= 15 is 0 Å². The van der Waals surface area contributed by atoms with E-state index in [0.717, 1.165) is 16.2 Å². The van der Waals surface area contributed by atoms with Crippen molar-refractivity contribution in [3.63, 3.8) is 0 Å². The van der Waals surface area contributed by atoms with Crippen LogP contribution < -0.4 is 11.1 Å². The molecule has 1 fully saturated rings. The third-order valence-electron chi connectivity index (χ3n) is 4.48. The third-order valence-corrected chi connectivity index (χ3v) is 5.31. The number of amides is 4. The Morgan fingerprint density at radius 2 is 1.83 bits per heavy atom. The highest BCUT2D eigenvalue weighted by Gasteiger charge is 2.50. The first-order valence-electron chi connectivity index (χ1n) is 7.62. The minimum absolute atomic E-state index is 0.206. The number of likely N-dealkylation sites (tertiary alicyclic amines) is 1. The Labute approximate surface area is 142 Å². The number of fused-ring (bicyclic) bond motifs is 1. The van der Waals surface area contributed by atoms with E-state index < -0.39 is 17.9 Å². The van der Waals surface area contributed by atoms with Gasteiger partial charge in [-0.05, 0) is 31.2 Å².